The van der Waals surface area contributed by atoms with E-state index in [0.717, 1.165) is 0 Å². The molecule has 0 saturated carbocycles. The third-order valence-electron chi connectivity index (χ3n) is 2.65. The molecule has 0 bridgehead atoms. The summed E-state index contributed by atoms with van der Waals surface area (Å²) in [7, 11) is 1.65. The lowest BCUT2D eigenvalue weighted by atomic mass is 9.82. The van der Waals surface area contributed by atoms with Crippen LogP contribution in [0.15, 0.2) is 21.5 Å². The first-order chi connectivity index (χ1) is 8.12. The molecule has 1 rings (SSSR count). The first-order valence-electron chi connectivity index (χ1n) is 5.48. The van der Waals surface area contributed by atoms with Crippen LogP contribution in [0.1, 0.15) is 32.4 Å². The predicted octanol–water partition coefficient (Wildman–Crippen LogP) is 2.50. The van der Waals surface area contributed by atoms with Gasteiger partial charge in [0.05, 0.1) is 6.04 Å². The molecule has 0 fully saturated rings. The summed E-state index contributed by atoms with van der Waals surface area (Å²) in [5.41, 5.74) is 0.135. The number of hydrogen-bond acceptors (Lipinski definition) is 2. The average Bonchev–Trinajstić information content (AvgIpc) is 2.18. The summed E-state index contributed by atoms with van der Waals surface area (Å²) in [6.07, 6.45) is 0.530. The van der Waals surface area contributed by atoms with Gasteiger partial charge in [-0.25, -0.2) is 4.79 Å². The molecule has 1 atom stereocenters. The van der Waals surface area contributed by atoms with E-state index in [1.54, 1.807) is 13.2 Å². The Morgan fingerprint density at radius 3 is 2.50 bits per heavy atom. The van der Waals surface area contributed by atoms with Crippen LogP contribution in [-0.4, -0.2) is 15.8 Å². The second-order valence-corrected chi connectivity index (χ2v) is 6.13. The third-order valence-corrected chi connectivity index (χ3v) is 3.32. The summed E-state index contributed by atoms with van der Waals surface area (Å²) in [5, 5.41) is 11.4. The molecule has 100 valence electrons. The Bertz CT molecular complexity index is 517. The maximum absolute atomic E-state index is 11.7. The normalized spacial score (nSPS) is 13.2. The molecule has 1 aromatic heterocycles. The number of hydrogen-bond donors (Lipinski definition) is 2. The summed E-state index contributed by atoms with van der Waals surface area (Å²) >= 11 is 3.37. The standard InChI is InChI=1S/C12H17BrN2O3/c1-12(2,3)10(14-11(17)18)7-5-9(16)15(4)6-8(7)13/h5-6,10,14H,1-4H3,(H,17,18). The predicted molar refractivity (Wildman–Crippen MR) is 72.7 cm³/mol. The van der Waals surface area contributed by atoms with Crippen molar-refractivity contribution in [1.82, 2.24) is 9.88 Å². The van der Waals surface area contributed by atoms with Crippen molar-refractivity contribution in [2.75, 3.05) is 0 Å². The van der Waals surface area contributed by atoms with Crippen LogP contribution in [0.2, 0.25) is 0 Å². The first kappa shape index (κ1) is 14.8. The summed E-state index contributed by atoms with van der Waals surface area (Å²) < 4.78 is 2.15. The van der Waals surface area contributed by atoms with Crippen LogP contribution in [0, 0.1) is 5.41 Å². The largest absolute Gasteiger partial charge is 0.465 e. The number of aryl methyl sites for hydroxylation is 1. The second-order valence-electron chi connectivity index (χ2n) is 5.27. The summed E-state index contributed by atoms with van der Waals surface area (Å²) in [6.45, 7) is 5.74. The van der Waals surface area contributed by atoms with Gasteiger partial charge in [0, 0.05) is 23.8 Å². The first-order valence-corrected chi connectivity index (χ1v) is 6.27. The Balaban J connectivity index is 3.34. The molecule has 0 aliphatic carbocycles. The van der Waals surface area contributed by atoms with Crippen LogP contribution in [0.5, 0.6) is 0 Å². The van der Waals surface area contributed by atoms with Crippen molar-refractivity contribution in [3.05, 3.63) is 32.7 Å². The van der Waals surface area contributed by atoms with Crippen molar-refractivity contribution in [2.24, 2.45) is 12.5 Å². The van der Waals surface area contributed by atoms with E-state index in [1.165, 1.54) is 10.6 Å². The maximum atomic E-state index is 11.7. The summed E-state index contributed by atoms with van der Waals surface area (Å²) in [6, 6.07) is 0.994. The molecule has 6 heteroatoms. The molecule has 18 heavy (non-hydrogen) atoms. The highest BCUT2D eigenvalue weighted by Gasteiger charge is 2.29. The van der Waals surface area contributed by atoms with E-state index in [0.29, 0.717) is 10.0 Å². The molecule has 0 spiro atoms. The Labute approximate surface area is 114 Å². The Morgan fingerprint density at radius 1 is 1.50 bits per heavy atom. The van der Waals surface area contributed by atoms with Crippen molar-refractivity contribution in [3.8, 4) is 0 Å². The molecule has 0 aliphatic rings. The fourth-order valence-electron chi connectivity index (χ4n) is 1.72. The van der Waals surface area contributed by atoms with Crippen LogP contribution < -0.4 is 10.9 Å². The van der Waals surface area contributed by atoms with Gasteiger partial charge >= 0.3 is 6.09 Å². The topological polar surface area (TPSA) is 71.3 Å². The van der Waals surface area contributed by atoms with Crippen LogP contribution >= 0.6 is 15.9 Å². The lowest BCUT2D eigenvalue weighted by Gasteiger charge is -2.31. The highest BCUT2D eigenvalue weighted by molar-refractivity contribution is 9.10. The van der Waals surface area contributed by atoms with E-state index in [-0.39, 0.29) is 11.0 Å². The molecule has 2 N–H and O–H groups in total. The number of amides is 1. The number of pyridine rings is 1. The molecule has 0 saturated heterocycles. The molecule has 5 nitrogen and oxygen atoms in total. The molecular formula is C12H17BrN2O3. The van der Waals surface area contributed by atoms with Gasteiger partial charge in [0.15, 0.2) is 0 Å². The highest BCUT2D eigenvalue weighted by Crippen LogP contribution is 2.35. The lowest BCUT2D eigenvalue weighted by Crippen LogP contribution is -2.37. The summed E-state index contributed by atoms with van der Waals surface area (Å²) in [4.78, 5) is 22.6. The fraction of sp³-hybridized carbons (Fsp3) is 0.500. The van der Waals surface area contributed by atoms with E-state index in [1.807, 2.05) is 20.8 Å². The van der Waals surface area contributed by atoms with Gasteiger partial charge in [0.2, 0.25) is 0 Å². The van der Waals surface area contributed by atoms with E-state index >= 15 is 0 Å². The number of carbonyl (C=O) groups is 1. The number of halogens is 1. The fourth-order valence-corrected chi connectivity index (χ4v) is 2.37. The molecule has 1 aromatic rings. The van der Waals surface area contributed by atoms with Gasteiger partial charge in [-0.3, -0.25) is 4.79 Å². The van der Waals surface area contributed by atoms with Crippen LogP contribution in [0.25, 0.3) is 0 Å². The summed E-state index contributed by atoms with van der Waals surface area (Å²) in [5.74, 6) is 0. The van der Waals surface area contributed by atoms with Crippen molar-refractivity contribution >= 4 is 22.0 Å². The molecule has 1 unspecified atom stereocenters. The smallest absolute Gasteiger partial charge is 0.405 e. The van der Waals surface area contributed by atoms with Crippen molar-refractivity contribution in [1.29, 1.82) is 0 Å². The zero-order chi connectivity index (χ0) is 14.1. The van der Waals surface area contributed by atoms with E-state index in [2.05, 4.69) is 21.2 Å². The van der Waals surface area contributed by atoms with Gasteiger partial charge in [-0.15, -0.1) is 0 Å². The zero-order valence-electron chi connectivity index (χ0n) is 10.8. The molecule has 1 amide bonds. The molecule has 0 aliphatic heterocycles. The number of carboxylic acid groups (broad SMARTS) is 1. The maximum Gasteiger partial charge on any atom is 0.405 e. The molecule has 0 aromatic carbocycles. The minimum Gasteiger partial charge on any atom is -0.465 e. The lowest BCUT2D eigenvalue weighted by molar-refractivity contribution is 0.174. The number of nitrogens with one attached hydrogen (secondary N) is 1. The minimum atomic E-state index is -1.11. The van der Waals surface area contributed by atoms with Gasteiger partial charge in [0.1, 0.15) is 0 Å². The van der Waals surface area contributed by atoms with Crippen LogP contribution in [0.4, 0.5) is 4.79 Å². The number of rotatable bonds is 2. The Kier molecular flexibility index (Phi) is 4.21. The molecule has 0 radical (unpaired) electrons. The van der Waals surface area contributed by atoms with Crippen LogP contribution in [-0.2, 0) is 7.05 Å². The zero-order valence-corrected chi connectivity index (χ0v) is 12.4. The number of aromatic nitrogens is 1. The van der Waals surface area contributed by atoms with E-state index in [9.17, 15) is 9.59 Å². The van der Waals surface area contributed by atoms with Gasteiger partial charge in [-0.1, -0.05) is 20.8 Å². The SMILES string of the molecule is Cn1cc(Br)c(C(NC(=O)O)C(C)(C)C)cc1=O. The van der Waals surface area contributed by atoms with E-state index in [4.69, 9.17) is 5.11 Å². The Hall–Kier alpha value is -1.30. The third kappa shape index (κ3) is 3.35. The van der Waals surface area contributed by atoms with Gasteiger partial charge in [-0.2, -0.15) is 0 Å². The minimum absolute atomic E-state index is 0.172. The molecular weight excluding hydrogens is 300 g/mol. The van der Waals surface area contributed by atoms with Crippen molar-refractivity contribution < 1.29 is 9.90 Å². The van der Waals surface area contributed by atoms with E-state index < -0.39 is 12.1 Å². The average molecular weight is 317 g/mol. The van der Waals surface area contributed by atoms with Gasteiger partial charge < -0.3 is 15.0 Å². The highest BCUT2D eigenvalue weighted by atomic mass is 79.9. The van der Waals surface area contributed by atoms with Crippen molar-refractivity contribution in [3.63, 3.8) is 0 Å². The molecule has 1 heterocycles. The van der Waals surface area contributed by atoms with Gasteiger partial charge in [-0.05, 0) is 26.9 Å². The quantitative estimate of drug-likeness (QED) is 0.880. The Morgan fingerprint density at radius 2 is 2.06 bits per heavy atom. The second kappa shape index (κ2) is 5.14. The number of nitrogens with zero attached hydrogens (tertiary/aromatic N) is 1. The van der Waals surface area contributed by atoms with Crippen LogP contribution in [0.3, 0.4) is 0 Å². The van der Waals surface area contributed by atoms with Gasteiger partial charge in [0.25, 0.3) is 5.56 Å². The monoisotopic (exact) mass is 316 g/mol. The van der Waals surface area contributed by atoms with Crippen molar-refractivity contribution in [2.45, 2.75) is 26.8 Å².